The van der Waals surface area contributed by atoms with Gasteiger partial charge in [0.25, 0.3) is 0 Å². The second-order valence-corrected chi connectivity index (χ2v) is 4.12. The lowest BCUT2D eigenvalue weighted by molar-refractivity contribution is -0.186. The Hall–Kier alpha value is -0.380. The highest BCUT2D eigenvalue weighted by Gasteiger charge is 2.51. The molecule has 0 amide bonds. The summed E-state index contributed by atoms with van der Waals surface area (Å²) in [6, 6.07) is 0. The molecule has 3 nitrogen and oxygen atoms in total. The van der Waals surface area contributed by atoms with Crippen molar-refractivity contribution in [3.63, 3.8) is 0 Å². The molecule has 1 aliphatic heterocycles. The lowest BCUT2D eigenvalue weighted by Crippen LogP contribution is -2.37. The maximum atomic E-state index is 9.26. The van der Waals surface area contributed by atoms with E-state index in [4.69, 9.17) is 9.47 Å². The van der Waals surface area contributed by atoms with Crippen LogP contribution in [0.15, 0.2) is 12.7 Å². The van der Waals surface area contributed by atoms with Crippen molar-refractivity contribution in [3.8, 4) is 0 Å². The Balaban J connectivity index is 2.12. The summed E-state index contributed by atoms with van der Waals surface area (Å²) in [6.45, 7) is 5.36. The number of ether oxygens (including phenoxy) is 2. The molecule has 14 heavy (non-hydrogen) atoms. The number of rotatable bonds is 3. The zero-order valence-corrected chi connectivity index (χ0v) is 8.45. The summed E-state index contributed by atoms with van der Waals surface area (Å²) in [5, 5.41) is 9.26. The van der Waals surface area contributed by atoms with Crippen LogP contribution in [0, 0.1) is 11.8 Å². The Kier molecular flexibility index (Phi) is 2.91. The van der Waals surface area contributed by atoms with Gasteiger partial charge in [0.05, 0.1) is 13.2 Å². The van der Waals surface area contributed by atoms with Crippen LogP contribution in [0.25, 0.3) is 0 Å². The van der Waals surface area contributed by atoms with Gasteiger partial charge in [-0.05, 0) is 18.8 Å². The van der Waals surface area contributed by atoms with Gasteiger partial charge in [-0.1, -0.05) is 6.08 Å². The molecule has 1 saturated heterocycles. The summed E-state index contributed by atoms with van der Waals surface area (Å²) in [4.78, 5) is 0. The molecule has 2 atom stereocenters. The summed E-state index contributed by atoms with van der Waals surface area (Å²) < 4.78 is 11.4. The van der Waals surface area contributed by atoms with Gasteiger partial charge in [0.1, 0.15) is 0 Å². The van der Waals surface area contributed by atoms with Crippen molar-refractivity contribution in [2.75, 3.05) is 19.8 Å². The first kappa shape index (κ1) is 10.1. The van der Waals surface area contributed by atoms with Gasteiger partial charge in [-0.2, -0.15) is 0 Å². The number of allylic oxidation sites excluding steroid dienone is 1. The van der Waals surface area contributed by atoms with Crippen LogP contribution in [-0.2, 0) is 9.47 Å². The minimum absolute atomic E-state index is 0.229. The molecule has 3 heteroatoms. The lowest BCUT2D eigenvalue weighted by Gasteiger charge is -2.30. The zero-order chi connectivity index (χ0) is 10.0. The van der Waals surface area contributed by atoms with Crippen molar-refractivity contribution in [3.05, 3.63) is 12.7 Å². The molecule has 0 radical (unpaired) electrons. The van der Waals surface area contributed by atoms with Gasteiger partial charge in [-0.25, -0.2) is 0 Å². The van der Waals surface area contributed by atoms with Crippen molar-refractivity contribution in [2.45, 2.75) is 25.0 Å². The van der Waals surface area contributed by atoms with Crippen LogP contribution >= 0.6 is 0 Å². The monoisotopic (exact) mass is 198 g/mol. The van der Waals surface area contributed by atoms with Crippen LogP contribution in [0.1, 0.15) is 19.3 Å². The molecule has 1 N–H and O–H groups in total. The minimum atomic E-state index is -0.401. The Labute approximate surface area is 84.7 Å². The van der Waals surface area contributed by atoms with Crippen LogP contribution in [0.5, 0.6) is 0 Å². The number of aliphatic hydroxyl groups excluding tert-OH is 1. The molecule has 80 valence electrons. The maximum absolute atomic E-state index is 9.26. The van der Waals surface area contributed by atoms with Gasteiger partial charge in [-0.3, -0.25) is 0 Å². The highest BCUT2D eigenvalue weighted by Crippen LogP contribution is 2.47. The van der Waals surface area contributed by atoms with Gasteiger partial charge in [-0.15, -0.1) is 6.58 Å². The SMILES string of the molecule is C=CCC1C(CO)CCC12OCCO2. The van der Waals surface area contributed by atoms with Crippen LogP contribution in [0.4, 0.5) is 0 Å². The summed E-state index contributed by atoms with van der Waals surface area (Å²) in [7, 11) is 0. The summed E-state index contributed by atoms with van der Waals surface area (Å²) in [5.74, 6) is 0.195. The quantitative estimate of drug-likeness (QED) is 0.695. The Bertz CT molecular complexity index is 209. The second-order valence-electron chi connectivity index (χ2n) is 4.12. The summed E-state index contributed by atoms with van der Waals surface area (Å²) >= 11 is 0. The Morgan fingerprint density at radius 2 is 2.14 bits per heavy atom. The molecular formula is C11H18O3. The van der Waals surface area contributed by atoms with E-state index in [2.05, 4.69) is 6.58 Å². The summed E-state index contributed by atoms with van der Waals surface area (Å²) in [6.07, 6.45) is 4.67. The first-order valence-corrected chi connectivity index (χ1v) is 5.32. The average molecular weight is 198 g/mol. The van der Waals surface area contributed by atoms with Crippen molar-refractivity contribution in [2.24, 2.45) is 11.8 Å². The van der Waals surface area contributed by atoms with E-state index in [0.717, 1.165) is 19.3 Å². The Morgan fingerprint density at radius 3 is 2.71 bits per heavy atom. The van der Waals surface area contributed by atoms with Crippen molar-refractivity contribution >= 4 is 0 Å². The summed E-state index contributed by atoms with van der Waals surface area (Å²) in [5.41, 5.74) is 0. The molecule has 0 aromatic heterocycles. The van der Waals surface area contributed by atoms with Gasteiger partial charge >= 0.3 is 0 Å². The van der Waals surface area contributed by atoms with Crippen LogP contribution in [0.2, 0.25) is 0 Å². The Morgan fingerprint density at radius 1 is 1.43 bits per heavy atom. The third-order valence-electron chi connectivity index (χ3n) is 3.43. The normalized spacial score (nSPS) is 35.2. The third kappa shape index (κ3) is 1.49. The maximum Gasteiger partial charge on any atom is 0.171 e. The molecule has 2 rings (SSSR count). The number of hydrogen-bond acceptors (Lipinski definition) is 3. The fourth-order valence-electron chi connectivity index (χ4n) is 2.73. The van der Waals surface area contributed by atoms with E-state index in [0.29, 0.717) is 19.1 Å². The van der Waals surface area contributed by atoms with E-state index in [1.807, 2.05) is 6.08 Å². The zero-order valence-electron chi connectivity index (χ0n) is 8.45. The van der Waals surface area contributed by atoms with Crippen LogP contribution in [-0.4, -0.2) is 30.7 Å². The predicted molar refractivity (Wildman–Crippen MR) is 52.7 cm³/mol. The predicted octanol–water partition coefficient (Wildman–Crippen LogP) is 1.32. The highest BCUT2D eigenvalue weighted by molar-refractivity contribution is 4.96. The van der Waals surface area contributed by atoms with E-state index in [1.165, 1.54) is 0 Å². The molecule has 0 aromatic rings. The molecular weight excluding hydrogens is 180 g/mol. The minimum Gasteiger partial charge on any atom is -0.396 e. The standard InChI is InChI=1S/C11H18O3/c1-2-3-10-9(8-12)4-5-11(10)13-6-7-14-11/h2,9-10,12H,1,3-8H2. The molecule has 1 aliphatic carbocycles. The lowest BCUT2D eigenvalue weighted by atomic mass is 9.90. The van der Waals surface area contributed by atoms with E-state index < -0.39 is 5.79 Å². The van der Waals surface area contributed by atoms with Crippen LogP contribution in [0.3, 0.4) is 0 Å². The fourth-order valence-corrected chi connectivity index (χ4v) is 2.73. The fraction of sp³-hybridized carbons (Fsp3) is 0.818. The van der Waals surface area contributed by atoms with Gasteiger partial charge < -0.3 is 14.6 Å². The van der Waals surface area contributed by atoms with Gasteiger partial charge in [0, 0.05) is 18.9 Å². The van der Waals surface area contributed by atoms with Crippen molar-refractivity contribution in [1.82, 2.24) is 0 Å². The molecule has 1 heterocycles. The third-order valence-corrected chi connectivity index (χ3v) is 3.43. The topological polar surface area (TPSA) is 38.7 Å². The largest absolute Gasteiger partial charge is 0.396 e. The van der Waals surface area contributed by atoms with Gasteiger partial charge in [0.15, 0.2) is 5.79 Å². The van der Waals surface area contributed by atoms with Crippen molar-refractivity contribution < 1.29 is 14.6 Å². The smallest absolute Gasteiger partial charge is 0.171 e. The number of aliphatic hydroxyl groups is 1. The van der Waals surface area contributed by atoms with E-state index in [1.54, 1.807) is 0 Å². The first-order valence-electron chi connectivity index (χ1n) is 5.32. The molecule has 2 aliphatic rings. The molecule has 2 fully saturated rings. The van der Waals surface area contributed by atoms with Crippen LogP contribution < -0.4 is 0 Å². The van der Waals surface area contributed by atoms with E-state index >= 15 is 0 Å². The van der Waals surface area contributed by atoms with Gasteiger partial charge in [0.2, 0.25) is 0 Å². The highest BCUT2D eigenvalue weighted by atomic mass is 16.7. The molecule has 0 bridgehead atoms. The van der Waals surface area contributed by atoms with E-state index in [-0.39, 0.29) is 12.5 Å². The first-order chi connectivity index (χ1) is 6.82. The molecule has 1 saturated carbocycles. The second kappa shape index (κ2) is 4.01. The molecule has 1 spiro atoms. The molecule has 0 aromatic carbocycles. The number of hydrogen-bond donors (Lipinski definition) is 1. The van der Waals surface area contributed by atoms with Crippen molar-refractivity contribution in [1.29, 1.82) is 0 Å². The van der Waals surface area contributed by atoms with E-state index in [9.17, 15) is 5.11 Å². The average Bonchev–Trinajstić information content (AvgIpc) is 2.78. The molecule has 2 unspecified atom stereocenters.